The van der Waals surface area contributed by atoms with Crippen molar-refractivity contribution in [2.24, 2.45) is 0 Å². The van der Waals surface area contributed by atoms with E-state index in [2.05, 4.69) is 0 Å². The van der Waals surface area contributed by atoms with Crippen molar-refractivity contribution in [3.05, 3.63) is 77.6 Å². The van der Waals surface area contributed by atoms with Crippen molar-refractivity contribution in [3.63, 3.8) is 0 Å². The third-order valence-electron chi connectivity index (χ3n) is 3.39. The van der Waals surface area contributed by atoms with Crippen molar-refractivity contribution in [2.75, 3.05) is 5.73 Å². The Hall–Kier alpha value is -2.77. The van der Waals surface area contributed by atoms with Crippen molar-refractivity contribution in [1.82, 2.24) is 3.97 Å². The number of nitrogens with two attached hydrogens (primary N) is 1. The molecule has 0 saturated carbocycles. The molecular formula is C17H13ClN2O4S. The van der Waals surface area contributed by atoms with Crippen molar-refractivity contribution < 1.29 is 17.9 Å². The van der Waals surface area contributed by atoms with Crippen LogP contribution in [0.4, 0.5) is 5.69 Å². The molecule has 0 aliphatic rings. The maximum absolute atomic E-state index is 12.9. The first-order chi connectivity index (χ1) is 11.9. The van der Waals surface area contributed by atoms with Crippen LogP contribution in [0.25, 0.3) is 0 Å². The van der Waals surface area contributed by atoms with Gasteiger partial charge in [-0.3, -0.25) is 0 Å². The molecule has 25 heavy (non-hydrogen) atoms. The third-order valence-corrected chi connectivity index (χ3v) is 5.37. The highest BCUT2D eigenvalue weighted by atomic mass is 35.5. The number of hydrogen-bond acceptors (Lipinski definition) is 5. The quantitative estimate of drug-likeness (QED) is 0.429. The standard InChI is InChI=1S/C17H13ClN2O4S/c18-12-8-9-14(19)16(11-12)25(22,23)20-10-4-7-15(20)17(21)24-13-5-2-1-3-6-13/h1-11H,19H2. The van der Waals surface area contributed by atoms with Gasteiger partial charge in [-0.25, -0.2) is 17.2 Å². The minimum absolute atomic E-state index is 0.0282. The van der Waals surface area contributed by atoms with E-state index in [9.17, 15) is 13.2 Å². The molecule has 6 nitrogen and oxygen atoms in total. The fourth-order valence-electron chi connectivity index (χ4n) is 2.22. The summed E-state index contributed by atoms with van der Waals surface area (Å²) in [6, 6.07) is 15.2. The first-order valence-corrected chi connectivity index (χ1v) is 8.96. The van der Waals surface area contributed by atoms with Crippen molar-refractivity contribution in [3.8, 4) is 5.75 Å². The fraction of sp³-hybridized carbons (Fsp3) is 0. The average Bonchev–Trinajstić information content (AvgIpc) is 3.08. The van der Waals surface area contributed by atoms with Crippen LogP contribution in [0.3, 0.4) is 0 Å². The summed E-state index contributed by atoms with van der Waals surface area (Å²) in [7, 11) is -4.11. The van der Waals surface area contributed by atoms with Gasteiger partial charge in [-0.1, -0.05) is 29.8 Å². The molecule has 0 unspecified atom stereocenters. The maximum Gasteiger partial charge on any atom is 0.361 e. The van der Waals surface area contributed by atoms with Crippen LogP contribution in [-0.2, 0) is 10.0 Å². The molecule has 2 aromatic carbocycles. The summed E-state index contributed by atoms with van der Waals surface area (Å²) in [6.07, 6.45) is 1.25. The Bertz CT molecular complexity index is 1030. The highest BCUT2D eigenvalue weighted by molar-refractivity contribution is 7.90. The Morgan fingerprint density at radius 3 is 2.48 bits per heavy atom. The number of nitrogens with zero attached hydrogens (tertiary/aromatic N) is 1. The Balaban J connectivity index is 2.01. The molecule has 0 saturated heterocycles. The summed E-state index contributed by atoms with van der Waals surface area (Å²) in [5.41, 5.74) is 5.64. The van der Waals surface area contributed by atoms with E-state index in [0.717, 1.165) is 3.97 Å². The van der Waals surface area contributed by atoms with Gasteiger partial charge in [0.2, 0.25) is 0 Å². The molecule has 128 valence electrons. The van der Waals surface area contributed by atoms with E-state index in [4.69, 9.17) is 22.1 Å². The number of carbonyl (C=O) groups is 1. The van der Waals surface area contributed by atoms with Crippen LogP contribution in [0.2, 0.25) is 5.02 Å². The number of hydrogen-bond donors (Lipinski definition) is 1. The van der Waals surface area contributed by atoms with Crippen LogP contribution in [0.1, 0.15) is 10.5 Å². The van der Waals surface area contributed by atoms with Gasteiger partial charge in [0.15, 0.2) is 0 Å². The number of esters is 1. The van der Waals surface area contributed by atoms with E-state index in [1.807, 2.05) is 0 Å². The second-order valence-corrected chi connectivity index (χ2v) is 7.30. The molecule has 0 fully saturated rings. The molecule has 1 aromatic heterocycles. The predicted octanol–water partition coefficient (Wildman–Crippen LogP) is 3.18. The lowest BCUT2D eigenvalue weighted by Gasteiger charge is -2.12. The number of benzene rings is 2. The smallest absolute Gasteiger partial charge is 0.361 e. The van der Waals surface area contributed by atoms with Gasteiger partial charge in [-0.15, -0.1) is 0 Å². The van der Waals surface area contributed by atoms with Gasteiger partial charge in [0.1, 0.15) is 16.3 Å². The van der Waals surface area contributed by atoms with Gasteiger partial charge in [0.25, 0.3) is 10.0 Å². The SMILES string of the molecule is Nc1ccc(Cl)cc1S(=O)(=O)n1cccc1C(=O)Oc1ccccc1. The number of anilines is 1. The summed E-state index contributed by atoms with van der Waals surface area (Å²) >= 11 is 5.87. The van der Waals surface area contributed by atoms with E-state index in [1.165, 1.54) is 36.5 Å². The van der Waals surface area contributed by atoms with E-state index in [0.29, 0.717) is 5.75 Å². The Kier molecular flexibility index (Phi) is 4.52. The first-order valence-electron chi connectivity index (χ1n) is 7.15. The van der Waals surface area contributed by atoms with Crippen LogP contribution >= 0.6 is 11.6 Å². The topological polar surface area (TPSA) is 91.4 Å². The van der Waals surface area contributed by atoms with Crippen LogP contribution < -0.4 is 10.5 Å². The highest BCUT2D eigenvalue weighted by Gasteiger charge is 2.26. The zero-order valence-electron chi connectivity index (χ0n) is 12.8. The Morgan fingerprint density at radius 1 is 1.04 bits per heavy atom. The van der Waals surface area contributed by atoms with Gasteiger partial charge < -0.3 is 10.5 Å². The normalized spacial score (nSPS) is 11.2. The van der Waals surface area contributed by atoms with Crippen molar-refractivity contribution in [1.29, 1.82) is 0 Å². The number of carbonyl (C=O) groups excluding carboxylic acids is 1. The predicted molar refractivity (Wildman–Crippen MR) is 94.3 cm³/mol. The number of rotatable bonds is 4. The zero-order valence-corrected chi connectivity index (χ0v) is 14.4. The van der Waals surface area contributed by atoms with Crippen LogP contribution in [0.5, 0.6) is 5.75 Å². The lowest BCUT2D eigenvalue weighted by atomic mass is 10.3. The largest absolute Gasteiger partial charge is 0.422 e. The second-order valence-electron chi connectivity index (χ2n) is 5.08. The molecule has 0 radical (unpaired) electrons. The molecule has 1 heterocycles. The highest BCUT2D eigenvalue weighted by Crippen LogP contribution is 2.26. The number of para-hydroxylation sites is 1. The summed E-state index contributed by atoms with van der Waals surface area (Å²) < 4.78 is 31.7. The maximum atomic E-state index is 12.9. The van der Waals surface area contributed by atoms with Crippen molar-refractivity contribution in [2.45, 2.75) is 4.90 Å². The fourth-order valence-corrected chi connectivity index (χ4v) is 3.93. The molecular weight excluding hydrogens is 364 g/mol. The molecule has 0 spiro atoms. The number of ether oxygens (including phenoxy) is 1. The number of aromatic nitrogens is 1. The van der Waals surface area contributed by atoms with Gasteiger partial charge >= 0.3 is 5.97 Å². The van der Waals surface area contributed by atoms with Gasteiger partial charge in [-0.2, -0.15) is 0 Å². The molecule has 0 bridgehead atoms. The lowest BCUT2D eigenvalue weighted by Crippen LogP contribution is -2.21. The van der Waals surface area contributed by atoms with Crippen LogP contribution in [0, 0.1) is 0 Å². The molecule has 0 amide bonds. The minimum atomic E-state index is -4.11. The minimum Gasteiger partial charge on any atom is -0.422 e. The van der Waals surface area contributed by atoms with E-state index in [-0.39, 0.29) is 21.3 Å². The molecule has 0 aliphatic heterocycles. The molecule has 8 heteroatoms. The second kappa shape index (κ2) is 6.62. The number of nitrogen functional groups attached to an aromatic ring is 1. The monoisotopic (exact) mass is 376 g/mol. The first kappa shape index (κ1) is 17.1. The van der Waals surface area contributed by atoms with E-state index >= 15 is 0 Å². The molecule has 0 aliphatic carbocycles. The van der Waals surface area contributed by atoms with Crippen LogP contribution in [-0.4, -0.2) is 18.4 Å². The lowest BCUT2D eigenvalue weighted by molar-refractivity contribution is 0.0727. The van der Waals surface area contributed by atoms with Crippen molar-refractivity contribution >= 4 is 33.3 Å². The summed E-state index contributed by atoms with van der Waals surface area (Å²) in [4.78, 5) is 12.2. The Labute approximate surface area is 149 Å². The van der Waals surface area contributed by atoms with Gasteiger partial charge in [0, 0.05) is 11.2 Å². The molecule has 0 atom stereocenters. The zero-order chi connectivity index (χ0) is 18.0. The molecule has 3 aromatic rings. The Morgan fingerprint density at radius 2 is 1.76 bits per heavy atom. The van der Waals surface area contributed by atoms with E-state index < -0.39 is 16.0 Å². The van der Waals surface area contributed by atoms with Gasteiger partial charge in [-0.05, 0) is 42.5 Å². The van der Waals surface area contributed by atoms with Gasteiger partial charge in [0.05, 0.1) is 5.69 Å². The van der Waals surface area contributed by atoms with Crippen LogP contribution in [0.15, 0.2) is 71.8 Å². The molecule has 3 rings (SSSR count). The third kappa shape index (κ3) is 3.38. The summed E-state index contributed by atoms with van der Waals surface area (Å²) in [5, 5.41) is 0.216. The summed E-state index contributed by atoms with van der Waals surface area (Å²) in [6.45, 7) is 0. The number of halogens is 1. The summed E-state index contributed by atoms with van der Waals surface area (Å²) in [5.74, 6) is -0.500. The average molecular weight is 377 g/mol. The van der Waals surface area contributed by atoms with E-state index in [1.54, 1.807) is 30.3 Å². The molecule has 2 N–H and O–H groups in total.